The molecule has 1 unspecified atom stereocenters. The van der Waals surface area contributed by atoms with Gasteiger partial charge in [0.2, 0.25) is 0 Å². The summed E-state index contributed by atoms with van der Waals surface area (Å²) in [5.74, 6) is 0. The van der Waals surface area contributed by atoms with Crippen LogP contribution in [0.4, 0.5) is 5.69 Å². The fourth-order valence-corrected chi connectivity index (χ4v) is 2.12. The van der Waals surface area contributed by atoms with Crippen LogP contribution in [0, 0.1) is 0 Å². The van der Waals surface area contributed by atoms with E-state index in [1.807, 2.05) is 20.0 Å². The number of aliphatic hydroxyl groups excluding tert-OH is 1. The Kier molecular flexibility index (Phi) is 7.38. The van der Waals surface area contributed by atoms with Crippen LogP contribution in [0.2, 0.25) is 0 Å². The van der Waals surface area contributed by atoms with E-state index in [-0.39, 0.29) is 12.6 Å². The van der Waals surface area contributed by atoms with E-state index in [0.717, 1.165) is 23.2 Å². The molecule has 108 valence electrons. The van der Waals surface area contributed by atoms with Crippen molar-refractivity contribution in [1.29, 1.82) is 0 Å². The monoisotopic (exact) mass is 330 g/mol. The second-order valence-electron chi connectivity index (χ2n) is 4.59. The predicted molar refractivity (Wildman–Crippen MR) is 82.7 cm³/mol. The number of methoxy groups -OCH3 is 1. The number of nitrogens with one attached hydrogen (secondary N) is 1. The van der Waals surface area contributed by atoms with Gasteiger partial charge in [0, 0.05) is 43.4 Å². The Morgan fingerprint density at radius 3 is 2.84 bits per heavy atom. The van der Waals surface area contributed by atoms with Crippen LogP contribution in [0.5, 0.6) is 0 Å². The Labute approximate surface area is 123 Å². The number of rotatable bonds is 8. The smallest absolute Gasteiger partial charge is 0.0632 e. The molecule has 0 radical (unpaired) electrons. The molecule has 0 aliphatic carbocycles. The van der Waals surface area contributed by atoms with Crippen LogP contribution >= 0.6 is 15.9 Å². The van der Waals surface area contributed by atoms with Crippen LogP contribution in [0.1, 0.15) is 12.5 Å². The third kappa shape index (κ3) is 5.10. The van der Waals surface area contributed by atoms with Crippen molar-refractivity contribution in [3.05, 3.63) is 28.2 Å². The molecule has 0 heterocycles. The molecule has 1 atom stereocenters. The van der Waals surface area contributed by atoms with E-state index < -0.39 is 0 Å². The van der Waals surface area contributed by atoms with Crippen LogP contribution in [-0.2, 0) is 11.3 Å². The maximum atomic E-state index is 9.29. The Morgan fingerprint density at radius 1 is 1.47 bits per heavy atom. The maximum absolute atomic E-state index is 9.29. The molecule has 19 heavy (non-hydrogen) atoms. The van der Waals surface area contributed by atoms with E-state index in [1.54, 1.807) is 7.11 Å². The molecule has 0 aliphatic heterocycles. The minimum atomic E-state index is 0.0898. The summed E-state index contributed by atoms with van der Waals surface area (Å²) in [6.45, 7) is 4.46. The van der Waals surface area contributed by atoms with Crippen LogP contribution in [-0.4, -0.2) is 45.1 Å². The Balaban J connectivity index is 2.79. The van der Waals surface area contributed by atoms with Crippen LogP contribution in [0.15, 0.2) is 22.7 Å². The lowest BCUT2D eigenvalue weighted by Crippen LogP contribution is -2.33. The molecular weight excluding hydrogens is 308 g/mol. The Bertz CT molecular complexity index is 388. The quantitative estimate of drug-likeness (QED) is 0.715. The van der Waals surface area contributed by atoms with E-state index in [4.69, 9.17) is 4.74 Å². The lowest BCUT2D eigenvalue weighted by molar-refractivity contribution is 0.199. The van der Waals surface area contributed by atoms with Gasteiger partial charge in [0.25, 0.3) is 0 Å². The van der Waals surface area contributed by atoms with E-state index in [1.165, 1.54) is 5.56 Å². The van der Waals surface area contributed by atoms with Gasteiger partial charge in [0.1, 0.15) is 0 Å². The molecule has 1 aromatic rings. The summed E-state index contributed by atoms with van der Waals surface area (Å²) in [5, 5.41) is 12.6. The summed E-state index contributed by atoms with van der Waals surface area (Å²) in [4.78, 5) is 2.10. The number of ether oxygens (including phenoxy) is 1. The Morgan fingerprint density at radius 2 is 2.21 bits per heavy atom. The minimum Gasteiger partial charge on any atom is -0.394 e. The summed E-state index contributed by atoms with van der Waals surface area (Å²) < 4.78 is 6.06. The number of benzene rings is 1. The molecule has 0 bridgehead atoms. The molecular formula is C14H23BrN2O2. The molecule has 1 aromatic carbocycles. The van der Waals surface area contributed by atoms with Gasteiger partial charge in [-0.2, -0.15) is 0 Å². The normalized spacial score (nSPS) is 12.5. The first-order valence-corrected chi connectivity index (χ1v) is 7.21. The van der Waals surface area contributed by atoms with Crippen LogP contribution < -0.4 is 10.2 Å². The average Bonchev–Trinajstić information content (AvgIpc) is 2.43. The number of nitrogens with zero attached hydrogens (tertiary/aromatic N) is 1. The van der Waals surface area contributed by atoms with Crippen molar-refractivity contribution in [3.8, 4) is 0 Å². The number of halogens is 1. The molecule has 2 N–H and O–H groups in total. The highest BCUT2D eigenvalue weighted by Gasteiger charge is 2.13. The third-order valence-corrected chi connectivity index (χ3v) is 3.64. The number of aliphatic hydroxyl groups is 1. The van der Waals surface area contributed by atoms with Gasteiger partial charge in [-0.1, -0.05) is 22.0 Å². The molecule has 5 heteroatoms. The first-order chi connectivity index (χ1) is 9.10. The molecule has 4 nitrogen and oxygen atoms in total. The number of hydrogen-bond donors (Lipinski definition) is 2. The SMILES string of the molecule is COCCNCc1ccc(Br)cc1N(C)C(C)CO. The first-order valence-electron chi connectivity index (χ1n) is 6.42. The van der Waals surface area contributed by atoms with Gasteiger partial charge in [0.15, 0.2) is 0 Å². The summed E-state index contributed by atoms with van der Waals surface area (Å²) in [6.07, 6.45) is 0. The molecule has 0 fully saturated rings. The standard InChI is InChI=1S/C14H23BrN2O2/c1-11(10-18)17(2)14-8-13(15)5-4-12(14)9-16-6-7-19-3/h4-5,8,11,16,18H,6-7,9-10H2,1-3H3. The van der Waals surface area contributed by atoms with Gasteiger partial charge in [0.05, 0.1) is 13.2 Å². The second kappa shape index (κ2) is 8.53. The highest BCUT2D eigenvalue weighted by Crippen LogP contribution is 2.25. The van der Waals surface area contributed by atoms with Gasteiger partial charge in [-0.25, -0.2) is 0 Å². The largest absolute Gasteiger partial charge is 0.394 e. The van der Waals surface area contributed by atoms with E-state index in [9.17, 15) is 5.11 Å². The molecule has 0 spiro atoms. The fourth-order valence-electron chi connectivity index (χ4n) is 1.77. The van der Waals surface area contributed by atoms with Gasteiger partial charge >= 0.3 is 0 Å². The zero-order valence-corrected chi connectivity index (χ0v) is 13.4. The molecule has 1 rings (SSSR count). The summed E-state index contributed by atoms with van der Waals surface area (Å²) in [5.41, 5.74) is 2.34. The fraction of sp³-hybridized carbons (Fsp3) is 0.571. The topological polar surface area (TPSA) is 44.7 Å². The zero-order chi connectivity index (χ0) is 14.3. The van der Waals surface area contributed by atoms with Crippen molar-refractivity contribution < 1.29 is 9.84 Å². The highest BCUT2D eigenvalue weighted by atomic mass is 79.9. The average molecular weight is 331 g/mol. The molecule has 0 aromatic heterocycles. The summed E-state index contributed by atoms with van der Waals surface area (Å²) >= 11 is 3.50. The van der Waals surface area contributed by atoms with Crippen LogP contribution in [0.25, 0.3) is 0 Å². The number of hydrogen-bond acceptors (Lipinski definition) is 4. The number of anilines is 1. The third-order valence-electron chi connectivity index (χ3n) is 3.15. The van der Waals surface area contributed by atoms with Crippen molar-refractivity contribution in [1.82, 2.24) is 5.32 Å². The van der Waals surface area contributed by atoms with E-state index in [2.05, 4.69) is 38.3 Å². The Hall–Kier alpha value is -0.620. The van der Waals surface area contributed by atoms with Crippen molar-refractivity contribution in [3.63, 3.8) is 0 Å². The lowest BCUT2D eigenvalue weighted by atomic mass is 10.1. The van der Waals surface area contributed by atoms with Gasteiger partial charge in [-0.3, -0.25) is 0 Å². The summed E-state index contributed by atoms with van der Waals surface area (Å²) in [7, 11) is 3.70. The van der Waals surface area contributed by atoms with Gasteiger partial charge in [-0.05, 0) is 24.6 Å². The van der Waals surface area contributed by atoms with Gasteiger partial charge < -0.3 is 20.1 Å². The minimum absolute atomic E-state index is 0.0898. The molecule has 0 amide bonds. The predicted octanol–water partition coefficient (Wildman–Crippen LogP) is 2.00. The van der Waals surface area contributed by atoms with Crippen LogP contribution in [0.3, 0.4) is 0 Å². The van der Waals surface area contributed by atoms with Crippen molar-refractivity contribution in [2.45, 2.75) is 19.5 Å². The molecule has 0 saturated carbocycles. The van der Waals surface area contributed by atoms with Crippen molar-refractivity contribution in [2.75, 3.05) is 38.8 Å². The van der Waals surface area contributed by atoms with Crippen molar-refractivity contribution >= 4 is 21.6 Å². The lowest BCUT2D eigenvalue weighted by Gasteiger charge is -2.28. The summed E-state index contributed by atoms with van der Waals surface area (Å²) in [6, 6.07) is 6.31. The molecule has 0 aliphatic rings. The van der Waals surface area contributed by atoms with Gasteiger partial charge in [-0.15, -0.1) is 0 Å². The highest BCUT2D eigenvalue weighted by molar-refractivity contribution is 9.10. The zero-order valence-electron chi connectivity index (χ0n) is 11.8. The van der Waals surface area contributed by atoms with E-state index >= 15 is 0 Å². The molecule has 0 saturated heterocycles. The number of likely N-dealkylation sites (N-methyl/N-ethyl adjacent to an activating group) is 1. The van der Waals surface area contributed by atoms with Crippen molar-refractivity contribution in [2.24, 2.45) is 0 Å². The maximum Gasteiger partial charge on any atom is 0.0632 e. The second-order valence-corrected chi connectivity index (χ2v) is 5.50. The van der Waals surface area contributed by atoms with E-state index in [0.29, 0.717) is 6.61 Å². The first kappa shape index (κ1) is 16.4.